The molecule has 13 heavy (non-hydrogen) atoms. The number of hydrogen-bond acceptors (Lipinski definition) is 1. The third kappa shape index (κ3) is 0.880. The molecule has 1 nitrogen and oxygen atoms in total. The molecule has 2 saturated carbocycles. The van der Waals surface area contributed by atoms with Crippen LogP contribution in [0.4, 0.5) is 0 Å². The molecule has 3 rings (SSSR count). The van der Waals surface area contributed by atoms with E-state index in [0.717, 1.165) is 12.0 Å². The van der Waals surface area contributed by atoms with Gasteiger partial charge in [-0.3, -0.25) is 0 Å². The zero-order valence-electron chi connectivity index (χ0n) is 8.60. The number of fused-ring (bicyclic) bond motifs is 1. The van der Waals surface area contributed by atoms with Crippen LogP contribution in [-0.4, -0.2) is 12.6 Å². The van der Waals surface area contributed by atoms with Gasteiger partial charge in [0.1, 0.15) is 0 Å². The Hall–Kier alpha value is 0.250. The highest BCUT2D eigenvalue weighted by atomic mass is 35.5. The summed E-state index contributed by atoms with van der Waals surface area (Å²) >= 11 is 0. The molecule has 2 aliphatic carbocycles. The molecule has 0 aromatic heterocycles. The molecule has 0 aromatic rings. The highest BCUT2D eigenvalue weighted by Crippen LogP contribution is 2.68. The van der Waals surface area contributed by atoms with Gasteiger partial charge in [-0.2, -0.15) is 0 Å². The molecule has 1 aliphatic heterocycles. The van der Waals surface area contributed by atoms with Crippen LogP contribution in [0.2, 0.25) is 0 Å². The number of halogens is 1. The Morgan fingerprint density at radius 2 is 2.00 bits per heavy atom. The van der Waals surface area contributed by atoms with E-state index in [1.165, 1.54) is 32.2 Å². The van der Waals surface area contributed by atoms with Gasteiger partial charge in [0.25, 0.3) is 0 Å². The molecule has 1 saturated heterocycles. The lowest BCUT2D eigenvalue weighted by Crippen LogP contribution is -2.37. The van der Waals surface area contributed by atoms with Crippen LogP contribution in [0.15, 0.2) is 0 Å². The van der Waals surface area contributed by atoms with Gasteiger partial charge in [0.15, 0.2) is 0 Å². The summed E-state index contributed by atoms with van der Waals surface area (Å²) in [6.45, 7) is 6.30. The summed E-state index contributed by atoms with van der Waals surface area (Å²) in [4.78, 5) is 0. The Morgan fingerprint density at radius 3 is 2.62 bits per heavy atom. The summed E-state index contributed by atoms with van der Waals surface area (Å²) in [6.07, 6.45) is 5.92. The second-order valence-corrected chi connectivity index (χ2v) is 5.61. The second kappa shape index (κ2) is 2.64. The molecule has 3 aliphatic rings. The number of rotatable bonds is 0. The van der Waals surface area contributed by atoms with Gasteiger partial charge in [-0.1, -0.05) is 13.8 Å². The number of nitrogens with one attached hydrogen (secondary N) is 1. The maximum Gasteiger partial charge on any atom is 0.0132 e. The first-order valence-corrected chi connectivity index (χ1v) is 5.40. The van der Waals surface area contributed by atoms with E-state index in [0.29, 0.717) is 10.8 Å². The SMILES string of the molecule is CC1(C)C2CCC13CCNC3C2.Cl. The lowest BCUT2D eigenvalue weighted by Gasteiger charge is -2.37. The highest BCUT2D eigenvalue weighted by Gasteiger charge is 2.64. The summed E-state index contributed by atoms with van der Waals surface area (Å²) in [7, 11) is 0. The average Bonchev–Trinajstić information content (AvgIpc) is 2.60. The predicted octanol–water partition coefficient (Wildman–Crippen LogP) is 2.60. The molecule has 76 valence electrons. The third-order valence-corrected chi connectivity index (χ3v) is 5.39. The van der Waals surface area contributed by atoms with Crippen molar-refractivity contribution in [2.75, 3.05) is 6.54 Å². The van der Waals surface area contributed by atoms with E-state index in [1.54, 1.807) is 0 Å². The van der Waals surface area contributed by atoms with Crippen LogP contribution in [0, 0.1) is 16.7 Å². The Morgan fingerprint density at radius 1 is 1.23 bits per heavy atom. The van der Waals surface area contributed by atoms with E-state index in [1.807, 2.05) is 0 Å². The van der Waals surface area contributed by atoms with E-state index in [-0.39, 0.29) is 12.4 Å². The minimum Gasteiger partial charge on any atom is -0.313 e. The van der Waals surface area contributed by atoms with Gasteiger partial charge in [0.2, 0.25) is 0 Å². The van der Waals surface area contributed by atoms with Crippen molar-refractivity contribution < 1.29 is 0 Å². The van der Waals surface area contributed by atoms with Crippen molar-refractivity contribution in [3.8, 4) is 0 Å². The first kappa shape index (κ1) is 9.79. The van der Waals surface area contributed by atoms with Crippen LogP contribution in [0.5, 0.6) is 0 Å². The van der Waals surface area contributed by atoms with Gasteiger partial charge >= 0.3 is 0 Å². The Balaban J connectivity index is 0.000000653. The smallest absolute Gasteiger partial charge is 0.0132 e. The Labute approximate surface area is 87.1 Å². The van der Waals surface area contributed by atoms with E-state index in [2.05, 4.69) is 19.2 Å². The number of hydrogen-bond donors (Lipinski definition) is 1. The molecule has 3 fully saturated rings. The van der Waals surface area contributed by atoms with Crippen molar-refractivity contribution in [1.29, 1.82) is 0 Å². The molecule has 0 amide bonds. The van der Waals surface area contributed by atoms with Gasteiger partial charge in [0.05, 0.1) is 0 Å². The maximum absolute atomic E-state index is 3.70. The molecular weight excluding hydrogens is 182 g/mol. The lowest BCUT2D eigenvalue weighted by molar-refractivity contribution is 0.128. The van der Waals surface area contributed by atoms with Crippen molar-refractivity contribution in [3.63, 3.8) is 0 Å². The van der Waals surface area contributed by atoms with Gasteiger partial charge in [-0.25, -0.2) is 0 Å². The largest absolute Gasteiger partial charge is 0.313 e. The maximum atomic E-state index is 3.70. The summed E-state index contributed by atoms with van der Waals surface area (Å²) < 4.78 is 0. The molecule has 0 aromatic carbocycles. The van der Waals surface area contributed by atoms with Crippen molar-refractivity contribution in [2.45, 2.75) is 45.6 Å². The van der Waals surface area contributed by atoms with Crippen LogP contribution < -0.4 is 5.32 Å². The zero-order chi connectivity index (χ0) is 8.40. The quantitative estimate of drug-likeness (QED) is 0.636. The topological polar surface area (TPSA) is 12.0 Å². The first-order valence-electron chi connectivity index (χ1n) is 5.40. The van der Waals surface area contributed by atoms with Crippen molar-refractivity contribution >= 4 is 12.4 Å². The van der Waals surface area contributed by atoms with Crippen molar-refractivity contribution in [3.05, 3.63) is 0 Å². The van der Waals surface area contributed by atoms with E-state index in [9.17, 15) is 0 Å². The lowest BCUT2D eigenvalue weighted by atomic mass is 9.67. The molecule has 1 heterocycles. The van der Waals surface area contributed by atoms with E-state index >= 15 is 0 Å². The van der Waals surface area contributed by atoms with Gasteiger partial charge in [0, 0.05) is 6.04 Å². The molecule has 1 N–H and O–H groups in total. The predicted molar refractivity (Wildman–Crippen MR) is 57.2 cm³/mol. The average molecular weight is 202 g/mol. The normalized spacial score (nSPS) is 50.3. The van der Waals surface area contributed by atoms with Crippen LogP contribution >= 0.6 is 12.4 Å². The summed E-state index contributed by atoms with van der Waals surface area (Å²) in [5.74, 6) is 1.02. The second-order valence-electron chi connectivity index (χ2n) is 5.61. The van der Waals surface area contributed by atoms with E-state index in [4.69, 9.17) is 0 Å². The molecule has 2 bridgehead atoms. The summed E-state index contributed by atoms with van der Waals surface area (Å²) in [5.41, 5.74) is 1.35. The summed E-state index contributed by atoms with van der Waals surface area (Å²) in [6, 6.07) is 0.881. The van der Waals surface area contributed by atoms with Gasteiger partial charge in [-0.15, -0.1) is 12.4 Å². The van der Waals surface area contributed by atoms with Crippen LogP contribution in [0.1, 0.15) is 39.5 Å². The summed E-state index contributed by atoms with van der Waals surface area (Å²) in [5, 5.41) is 3.70. The fourth-order valence-electron chi connectivity index (χ4n) is 4.44. The third-order valence-electron chi connectivity index (χ3n) is 5.39. The van der Waals surface area contributed by atoms with E-state index < -0.39 is 0 Å². The molecule has 3 atom stereocenters. The van der Waals surface area contributed by atoms with Gasteiger partial charge in [-0.05, 0) is 49.0 Å². The van der Waals surface area contributed by atoms with Gasteiger partial charge < -0.3 is 5.32 Å². The Kier molecular flexibility index (Phi) is 1.99. The molecule has 2 heteroatoms. The Bertz CT molecular complexity index is 222. The molecule has 0 radical (unpaired) electrons. The fourth-order valence-corrected chi connectivity index (χ4v) is 4.44. The monoisotopic (exact) mass is 201 g/mol. The fraction of sp³-hybridized carbons (Fsp3) is 1.00. The van der Waals surface area contributed by atoms with Crippen LogP contribution in [0.25, 0.3) is 0 Å². The van der Waals surface area contributed by atoms with Crippen molar-refractivity contribution in [1.82, 2.24) is 5.32 Å². The molecular formula is C11H20ClN. The molecule has 3 unspecified atom stereocenters. The van der Waals surface area contributed by atoms with Crippen LogP contribution in [0.3, 0.4) is 0 Å². The zero-order valence-corrected chi connectivity index (χ0v) is 9.41. The first-order chi connectivity index (χ1) is 5.67. The highest BCUT2D eigenvalue weighted by molar-refractivity contribution is 5.85. The standard InChI is InChI=1S/C11H19N.ClH/c1-10(2)8-3-4-11(10)5-6-12-9(11)7-8;/h8-9,12H,3-7H2,1-2H3;1H. The van der Waals surface area contributed by atoms with Crippen molar-refractivity contribution in [2.24, 2.45) is 16.7 Å². The minimum absolute atomic E-state index is 0. The molecule has 1 spiro atoms. The minimum atomic E-state index is 0. The van der Waals surface area contributed by atoms with Crippen LogP contribution in [-0.2, 0) is 0 Å².